The predicted molar refractivity (Wildman–Crippen MR) is 89.1 cm³/mol. The van der Waals surface area contributed by atoms with Gasteiger partial charge in [0.2, 0.25) is 0 Å². The zero-order valence-electron chi connectivity index (χ0n) is 13.2. The molecule has 1 N–H and O–H groups in total. The van der Waals surface area contributed by atoms with E-state index in [1.165, 1.54) is 24.8 Å². The fourth-order valence-electron chi connectivity index (χ4n) is 2.77. The SMILES string of the molecule is COc1ccc(C)cc1Nc1cc(N2CCCCC2)ncn1. The lowest BCUT2D eigenvalue weighted by molar-refractivity contribution is 0.416. The number of benzene rings is 1. The lowest BCUT2D eigenvalue weighted by Crippen LogP contribution is -2.30. The third kappa shape index (κ3) is 3.30. The summed E-state index contributed by atoms with van der Waals surface area (Å²) in [4.78, 5) is 11.1. The number of anilines is 3. The van der Waals surface area contributed by atoms with Crippen molar-refractivity contribution in [1.82, 2.24) is 9.97 Å². The fourth-order valence-corrected chi connectivity index (χ4v) is 2.77. The highest BCUT2D eigenvalue weighted by Crippen LogP contribution is 2.29. The Morgan fingerprint density at radius 2 is 1.91 bits per heavy atom. The van der Waals surface area contributed by atoms with Crippen molar-refractivity contribution in [3.05, 3.63) is 36.2 Å². The van der Waals surface area contributed by atoms with E-state index in [1.54, 1.807) is 13.4 Å². The van der Waals surface area contributed by atoms with Crippen molar-refractivity contribution in [1.29, 1.82) is 0 Å². The highest BCUT2D eigenvalue weighted by Gasteiger charge is 2.13. The van der Waals surface area contributed by atoms with Crippen molar-refractivity contribution in [3.8, 4) is 5.75 Å². The average Bonchev–Trinajstić information content (AvgIpc) is 2.56. The van der Waals surface area contributed by atoms with Crippen LogP contribution in [0, 0.1) is 6.92 Å². The molecule has 1 aromatic heterocycles. The summed E-state index contributed by atoms with van der Waals surface area (Å²) in [5, 5.41) is 3.34. The molecule has 0 amide bonds. The van der Waals surface area contributed by atoms with Crippen molar-refractivity contribution in [2.45, 2.75) is 26.2 Å². The van der Waals surface area contributed by atoms with E-state index in [2.05, 4.69) is 33.2 Å². The Balaban J connectivity index is 1.82. The first-order chi connectivity index (χ1) is 10.8. The van der Waals surface area contributed by atoms with Crippen molar-refractivity contribution in [3.63, 3.8) is 0 Å². The van der Waals surface area contributed by atoms with Crippen LogP contribution in [0.5, 0.6) is 5.75 Å². The van der Waals surface area contributed by atoms with Crippen LogP contribution in [0.25, 0.3) is 0 Å². The number of methoxy groups -OCH3 is 1. The minimum absolute atomic E-state index is 0.791. The molecule has 0 aliphatic carbocycles. The van der Waals surface area contributed by atoms with Gasteiger partial charge in [-0.2, -0.15) is 0 Å². The molecule has 1 aromatic carbocycles. The molecule has 0 spiro atoms. The summed E-state index contributed by atoms with van der Waals surface area (Å²) in [5.74, 6) is 2.59. The van der Waals surface area contributed by atoms with E-state index in [4.69, 9.17) is 4.74 Å². The lowest BCUT2D eigenvalue weighted by atomic mass is 10.1. The quantitative estimate of drug-likeness (QED) is 0.936. The minimum atomic E-state index is 0.791. The normalized spacial score (nSPS) is 14.7. The summed E-state index contributed by atoms with van der Waals surface area (Å²) in [6, 6.07) is 8.06. The van der Waals surface area contributed by atoms with Crippen LogP contribution in [0.15, 0.2) is 30.6 Å². The molecular formula is C17H22N4O. The highest BCUT2D eigenvalue weighted by atomic mass is 16.5. The third-order valence-electron chi connectivity index (χ3n) is 3.95. The molecule has 1 fully saturated rings. The Labute approximate surface area is 131 Å². The van der Waals surface area contributed by atoms with Crippen LogP contribution in [0.4, 0.5) is 17.3 Å². The molecule has 2 aromatic rings. The van der Waals surface area contributed by atoms with Crippen LogP contribution in [0.2, 0.25) is 0 Å². The monoisotopic (exact) mass is 298 g/mol. The summed E-state index contributed by atoms with van der Waals surface area (Å²) < 4.78 is 5.40. The van der Waals surface area contributed by atoms with Gasteiger partial charge in [-0.05, 0) is 43.9 Å². The zero-order valence-corrected chi connectivity index (χ0v) is 13.2. The largest absolute Gasteiger partial charge is 0.495 e. The molecule has 1 aliphatic heterocycles. The first-order valence-corrected chi connectivity index (χ1v) is 7.75. The van der Waals surface area contributed by atoms with Gasteiger partial charge in [0.1, 0.15) is 23.7 Å². The molecule has 0 atom stereocenters. The molecule has 116 valence electrons. The first kappa shape index (κ1) is 14.6. The highest BCUT2D eigenvalue weighted by molar-refractivity contribution is 5.66. The molecule has 0 radical (unpaired) electrons. The number of rotatable bonds is 4. The first-order valence-electron chi connectivity index (χ1n) is 7.75. The number of nitrogens with zero attached hydrogens (tertiary/aromatic N) is 3. The maximum Gasteiger partial charge on any atom is 0.142 e. The minimum Gasteiger partial charge on any atom is -0.495 e. The Hall–Kier alpha value is -2.30. The second-order valence-electron chi connectivity index (χ2n) is 5.64. The number of aromatic nitrogens is 2. The fraction of sp³-hybridized carbons (Fsp3) is 0.412. The summed E-state index contributed by atoms with van der Waals surface area (Å²) >= 11 is 0. The molecule has 22 heavy (non-hydrogen) atoms. The number of hydrogen-bond donors (Lipinski definition) is 1. The molecule has 1 saturated heterocycles. The third-order valence-corrected chi connectivity index (χ3v) is 3.95. The zero-order chi connectivity index (χ0) is 15.4. The molecule has 0 unspecified atom stereocenters. The van der Waals surface area contributed by atoms with Gasteiger partial charge in [-0.1, -0.05) is 6.07 Å². The molecule has 1 aliphatic rings. The number of piperidine rings is 1. The number of hydrogen-bond acceptors (Lipinski definition) is 5. The molecule has 2 heterocycles. The maximum atomic E-state index is 5.40. The maximum absolute atomic E-state index is 5.40. The van der Waals surface area contributed by atoms with E-state index in [0.29, 0.717) is 0 Å². The van der Waals surface area contributed by atoms with Gasteiger partial charge in [-0.3, -0.25) is 0 Å². The van der Waals surface area contributed by atoms with E-state index >= 15 is 0 Å². The van der Waals surface area contributed by atoms with Crippen LogP contribution in [0.3, 0.4) is 0 Å². The van der Waals surface area contributed by atoms with Gasteiger partial charge in [-0.15, -0.1) is 0 Å². The van der Waals surface area contributed by atoms with E-state index < -0.39 is 0 Å². The number of ether oxygens (including phenoxy) is 1. The molecule has 0 saturated carbocycles. The van der Waals surface area contributed by atoms with E-state index in [9.17, 15) is 0 Å². The molecule has 5 heteroatoms. The topological polar surface area (TPSA) is 50.3 Å². The van der Waals surface area contributed by atoms with E-state index in [1.807, 2.05) is 18.2 Å². The predicted octanol–water partition coefficient (Wildman–Crippen LogP) is 3.53. The summed E-state index contributed by atoms with van der Waals surface area (Å²) in [6.07, 6.45) is 5.40. The summed E-state index contributed by atoms with van der Waals surface area (Å²) in [5.41, 5.74) is 2.10. The van der Waals surface area contributed by atoms with E-state index in [0.717, 1.165) is 36.2 Å². The van der Waals surface area contributed by atoms with Crippen molar-refractivity contribution < 1.29 is 4.74 Å². The van der Waals surface area contributed by atoms with Crippen LogP contribution >= 0.6 is 0 Å². The second kappa shape index (κ2) is 6.64. The lowest BCUT2D eigenvalue weighted by Gasteiger charge is -2.27. The summed E-state index contributed by atoms with van der Waals surface area (Å²) in [6.45, 7) is 4.21. The Bertz CT molecular complexity index is 638. The second-order valence-corrected chi connectivity index (χ2v) is 5.64. The van der Waals surface area contributed by atoms with Gasteiger partial charge in [0, 0.05) is 19.2 Å². The van der Waals surface area contributed by atoms with Gasteiger partial charge in [0.05, 0.1) is 12.8 Å². The summed E-state index contributed by atoms with van der Waals surface area (Å²) in [7, 11) is 1.68. The number of aryl methyl sites for hydroxylation is 1. The molecule has 0 bridgehead atoms. The molecule has 3 rings (SSSR count). The van der Waals surface area contributed by atoms with Crippen LogP contribution in [-0.4, -0.2) is 30.2 Å². The number of nitrogens with one attached hydrogen (secondary N) is 1. The van der Waals surface area contributed by atoms with Crippen LogP contribution in [-0.2, 0) is 0 Å². The van der Waals surface area contributed by atoms with Gasteiger partial charge in [-0.25, -0.2) is 9.97 Å². The van der Waals surface area contributed by atoms with Gasteiger partial charge in [0.25, 0.3) is 0 Å². The standard InChI is InChI=1S/C17H22N4O/c1-13-6-7-15(22-2)14(10-13)20-16-11-17(19-12-18-16)21-8-4-3-5-9-21/h6-7,10-12H,3-5,8-9H2,1-2H3,(H,18,19,20). The Morgan fingerprint density at radius 1 is 1.09 bits per heavy atom. The van der Waals surface area contributed by atoms with E-state index in [-0.39, 0.29) is 0 Å². The Kier molecular flexibility index (Phi) is 4.42. The van der Waals surface area contributed by atoms with Crippen LogP contribution in [0.1, 0.15) is 24.8 Å². The smallest absolute Gasteiger partial charge is 0.142 e. The van der Waals surface area contributed by atoms with Gasteiger partial charge in [0.15, 0.2) is 0 Å². The van der Waals surface area contributed by atoms with Crippen molar-refractivity contribution >= 4 is 17.3 Å². The Morgan fingerprint density at radius 3 is 2.68 bits per heavy atom. The molecule has 5 nitrogen and oxygen atoms in total. The van der Waals surface area contributed by atoms with Crippen molar-refractivity contribution in [2.75, 3.05) is 30.4 Å². The van der Waals surface area contributed by atoms with Gasteiger partial charge >= 0.3 is 0 Å². The average molecular weight is 298 g/mol. The van der Waals surface area contributed by atoms with Gasteiger partial charge < -0.3 is 15.0 Å². The van der Waals surface area contributed by atoms with Crippen LogP contribution < -0.4 is 15.0 Å². The van der Waals surface area contributed by atoms with Crippen molar-refractivity contribution in [2.24, 2.45) is 0 Å². The molecular weight excluding hydrogens is 276 g/mol.